The van der Waals surface area contributed by atoms with Gasteiger partial charge in [0.15, 0.2) is 12.0 Å². The number of phenolic OH excluding ortho intramolecular Hbond substituents is 1. The number of likely N-dealkylation sites (tertiary alicyclic amines) is 2. The van der Waals surface area contributed by atoms with Gasteiger partial charge in [-0.15, -0.1) is 0 Å². The molecule has 3 rings (SSSR count). The van der Waals surface area contributed by atoms with Crippen LogP contribution < -0.4 is 66.5 Å². The smallest absolute Gasteiger partial charge is 0.530 e. The van der Waals surface area contributed by atoms with E-state index in [9.17, 15) is 87.9 Å². The first-order chi connectivity index (χ1) is 30.2. The Hall–Kier alpha value is -4.30. The molecule has 2 saturated heterocycles. The Labute approximate surface area is 401 Å². The van der Waals surface area contributed by atoms with Crippen LogP contribution in [-0.4, -0.2) is 190 Å². The SMILES string of the molecule is CNC(CC(O)C(O)NC(=O)C1C(O)C(C)CN1C(=O)C(NC(=O)C(C)C(O)C(O)c1ccc(O)c(O[S-](=O)=O)c1)C(O)CC(N)=O)C(=O)NC(C(=O)N1CC(O)CC1C(N)=O)C(C)O.[Na+]. The van der Waals surface area contributed by atoms with Gasteiger partial charge in [-0.25, -0.2) is 0 Å². The molecule has 15 unspecified atom stereocenters. The normalized spacial score (nSPS) is 24.0. The van der Waals surface area contributed by atoms with E-state index in [0.717, 1.165) is 36.9 Å². The van der Waals surface area contributed by atoms with Crippen molar-refractivity contribution in [1.82, 2.24) is 31.1 Å². The number of rotatable bonds is 22. The van der Waals surface area contributed by atoms with Gasteiger partial charge in [-0.3, -0.25) is 33.6 Å². The number of nitrogens with one attached hydrogen (secondary N) is 4. The first kappa shape index (κ1) is 57.8. The molecule has 0 saturated carbocycles. The van der Waals surface area contributed by atoms with Gasteiger partial charge in [0.1, 0.15) is 53.1 Å². The minimum absolute atomic E-state index is 0. The van der Waals surface area contributed by atoms with Crippen molar-refractivity contribution in [3.05, 3.63) is 23.8 Å². The van der Waals surface area contributed by atoms with E-state index >= 15 is 0 Å². The van der Waals surface area contributed by atoms with Crippen molar-refractivity contribution in [3.63, 3.8) is 0 Å². The fraction of sp³-hybridized carbons (Fsp3) is 0.649. The summed E-state index contributed by atoms with van der Waals surface area (Å²) >= 11 is 0. The van der Waals surface area contributed by atoms with E-state index in [1.165, 1.54) is 14.0 Å². The number of phenols is 1. The molecule has 366 valence electrons. The van der Waals surface area contributed by atoms with Crippen LogP contribution in [0.3, 0.4) is 0 Å². The summed E-state index contributed by atoms with van der Waals surface area (Å²) in [6, 6.07) is -5.49. The minimum atomic E-state index is -3.15. The van der Waals surface area contributed by atoms with E-state index in [4.69, 9.17) is 11.5 Å². The Kier molecular flexibility index (Phi) is 22.1. The topological polar surface area (TPSA) is 452 Å². The van der Waals surface area contributed by atoms with Crippen LogP contribution in [0.15, 0.2) is 18.2 Å². The molecule has 2 fully saturated rings. The van der Waals surface area contributed by atoms with Crippen molar-refractivity contribution in [2.75, 3.05) is 20.1 Å². The number of carbonyl (C=O) groups is 7. The van der Waals surface area contributed by atoms with Crippen LogP contribution in [0.25, 0.3) is 0 Å². The predicted molar refractivity (Wildman–Crippen MR) is 217 cm³/mol. The Morgan fingerprint density at radius 1 is 0.864 bits per heavy atom. The Balaban J connectivity index is 0.0000150. The second-order valence-corrected chi connectivity index (χ2v) is 16.6. The third-order valence-electron chi connectivity index (χ3n) is 11.1. The molecule has 1 aromatic carbocycles. The molecule has 2 aliphatic rings. The number of nitrogens with zero attached hydrogens (tertiary/aromatic N) is 2. The van der Waals surface area contributed by atoms with Crippen LogP contribution in [0.1, 0.15) is 51.7 Å². The molecule has 66 heavy (non-hydrogen) atoms. The fourth-order valence-electron chi connectivity index (χ4n) is 7.34. The molecule has 0 aliphatic carbocycles. The first-order valence-electron chi connectivity index (χ1n) is 20.0. The van der Waals surface area contributed by atoms with E-state index in [1.54, 1.807) is 0 Å². The number of β-amino-alcohol motifs (C(OH)–C–C–N with tert-alkyl or cyclic N) is 1. The van der Waals surface area contributed by atoms with Crippen molar-refractivity contribution in [3.8, 4) is 11.5 Å². The van der Waals surface area contributed by atoms with Gasteiger partial charge in [-0.2, -0.15) is 0 Å². The first-order valence-corrected chi connectivity index (χ1v) is 21.0. The monoisotopic (exact) mass is 972 g/mol. The van der Waals surface area contributed by atoms with Gasteiger partial charge < -0.3 is 101 Å². The summed E-state index contributed by atoms with van der Waals surface area (Å²) in [5.41, 5.74) is 10.3. The number of amides is 7. The molecular weight excluding hydrogens is 916 g/mol. The van der Waals surface area contributed by atoms with Crippen molar-refractivity contribution in [1.29, 1.82) is 0 Å². The number of nitrogens with two attached hydrogens (primary N) is 2. The molecule has 0 bridgehead atoms. The van der Waals surface area contributed by atoms with Crippen molar-refractivity contribution in [2.45, 2.75) is 119 Å². The van der Waals surface area contributed by atoms with Crippen LogP contribution in [-0.2, 0) is 53.0 Å². The predicted octanol–water partition coefficient (Wildman–Crippen LogP) is -11.0. The van der Waals surface area contributed by atoms with Crippen molar-refractivity contribution >= 4 is 52.3 Å². The number of aromatic hydroxyl groups is 1. The maximum Gasteiger partial charge on any atom is 1.00 e. The second-order valence-electron chi connectivity index (χ2n) is 16.0. The molecule has 2 heterocycles. The van der Waals surface area contributed by atoms with Crippen LogP contribution in [0.4, 0.5) is 0 Å². The molecule has 29 heteroatoms. The van der Waals surface area contributed by atoms with Gasteiger partial charge in [0.2, 0.25) is 41.4 Å². The summed E-state index contributed by atoms with van der Waals surface area (Å²) in [7, 11) is -1.89. The van der Waals surface area contributed by atoms with Gasteiger partial charge in [0.05, 0.1) is 48.9 Å². The Morgan fingerprint density at radius 3 is 2.00 bits per heavy atom. The average molecular weight is 973 g/mol. The van der Waals surface area contributed by atoms with Gasteiger partial charge in [-0.05, 0) is 31.7 Å². The van der Waals surface area contributed by atoms with Gasteiger partial charge in [0, 0.05) is 31.8 Å². The molecule has 17 N–H and O–H groups in total. The summed E-state index contributed by atoms with van der Waals surface area (Å²) in [4.78, 5) is 93.1. The number of primary amides is 2. The molecule has 0 aromatic heterocycles. The molecule has 15 atom stereocenters. The zero-order valence-electron chi connectivity index (χ0n) is 36.5. The maximum atomic E-state index is 14.1. The van der Waals surface area contributed by atoms with E-state index in [-0.39, 0.29) is 48.1 Å². The third-order valence-corrected chi connectivity index (χ3v) is 11.4. The summed E-state index contributed by atoms with van der Waals surface area (Å²) < 4.78 is 26.4. The second kappa shape index (κ2) is 25.2. The average Bonchev–Trinajstić information content (AvgIpc) is 3.77. The van der Waals surface area contributed by atoms with Gasteiger partial charge in [-0.1, -0.05) is 19.9 Å². The van der Waals surface area contributed by atoms with Crippen molar-refractivity contribution < 1.29 is 122 Å². The summed E-state index contributed by atoms with van der Waals surface area (Å²) in [5.74, 6) is -11.7. The molecule has 7 amide bonds. The van der Waals surface area contributed by atoms with E-state index in [1.807, 2.05) is 5.32 Å². The standard InChI is InChI=1S/C37H57N8O19S.Na/c1-13-11-45(37(61)26(21(49)10-24(38)51)42-32(56)14(2)29(53)30(54)16-5-6-20(48)23(7-16)64-65(62)63)27(28(13)52)35(59)43-34(58)22(50)9-18(40-4)33(57)41-25(15(3)46)36(60)44-12-17(47)8-19(44)31(39)55;/h5-7,13-15,17-19,21-22,25-30,34,40,46-50,52-54,58H,8-12H2,1-4H3,(H2,38,51)(H2,39,55)(H,41,57)(H,42,56)(H,43,59);/q-1;+1. The third kappa shape index (κ3) is 14.6. The molecule has 1 aromatic rings. The van der Waals surface area contributed by atoms with Crippen LogP contribution in [0.5, 0.6) is 11.5 Å². The minimum Gasteiger partial charge on any atom is -0.530 e. The largest absolute Gasteiger partial charge is 1.00 e. The molecule has 0 spiro atoms. The van der Waals surface area contributed by atoms with Gasteiger partial charge in [0.25, 0.3) is 0 Å². The van der Waals surface area contributed by atoms with Crippen LogP contribution in [0.2, 0.25) is 0 Å². The van der Waals surface area contributed by atoms with E-state index in [2.05, 4.69) is 20.1 Å². The molecule has 27 nitrogen and oxygen atoms in total. The Bertz CT molecular complexity index is 1990. The van der Waals surface area contributed by atoms with Gasteiger partial charge >= 0.3 is 29.6 Å². The zero-order chi connectivity index (χ0) is 49.4. The summed E-state index contributed by atoms with van der Waals surface area (Å²) in [5, 5.41) is 105. The number of carbonyl (C=O) groups excluding carboxylic acids is 7. The molecular formula is C37H57N8NaO19S. The molecule has 2 aliphatic heterocycles. The number of likely N-dealkylation sites (N-methyl/N-ethyl adjacent to an activating group) is 1. The summed E-state index contributed by atoms with van der Waals surface area (Å²) in [6.07, 6.45) is -16.4. The van der Waals surface area contributed by atoms with Crippen LogP contribution in [0, 0.1) is 11.8 Å². The number of hydrogen-bond donors (Lipinski definition) is 15. The Morgan fingerprint density at radius 2 is 1.45 bits per heavy atom. The maximum absolute atomic E-state index is 14.1. The number of hydrogen-bond acceptors (Lipinski definition) is 21. The summed E-state index contributed by atoms with van der Waals surface area (Å²) in [6.45, 7) is 2.90. The zero-order valence-corrected chi connectivity index (χ0v) is 39.3. The number of aliphatic hydroxyl groups excluding tert-OH is 8. The number of benzene rings is 1. The van der Waals surface area contributed by atoms with E-state index < -0.39 is 174 Å². The fourth-order valence-corrected chi connectivity index (χ4v) is 7.62. The molecule has 0 radical (unpaired) electrons. The van der Waals surface area contributed by atoms with E-state index in [0.29, 0.717) is 4.90 Å². The number of aliphatic hydroxyl groups is 8. The van der Waals surface area contributed by atoms with Crippen LogP contribution >= 0.6 is 0 Å². The quantitative estimate of drug-likeness (QED) is 0.0291. The van der Waals surface area contributed by atoms with Crippen molar-refractivity contribution in [2.24, 2.45) is 23.3 Å².